The Bertz CT molecular complexity index is 777. The van der Waals surface area contributed by atoms with Gasteiger partial charge in [0.25, 0.3) is 0 Å². The Hall–Kier alpha value is -1.85. The molecule has 9 nitrogen and oxygen atoms in total. The van der Waals surface area contributed by atoms with E-state index in [1.54, 1.807) is 0 Å². The highest BCUT2D eigenvalue weighted by Gasteiger charge is 2.40. The van der Waals surface area contributed by atoms with Crippen LogP contribution < -0.4 is 5.32 Å². The van der Waals surface area contributed by atoms with Gasteiger partial charge in [0.1, 0.15) is 0 Å². The molecule has 1 aromatic rings. The summed E-state index contributed by atoms with van der Waals surface area (Å²) >= 11 is 0. The third kappa shape index (κ3) is 13.8. The number of unbranched alkanes of at least 4 members (excludes halogenated alkanes) is 4. The average Bonchev–Trinajstić information content (AvgIpc) is 3.17. The molecule has 0 saturated heterocycles. The molecule has 1 saturated carbocycles. The normalized spacial score (nSPS) is 22.4. The van der Waals surface area contributed by atoms with Gasteiger partial charge in [0.05, 0.1) is 30.3 Å². The minimum absolute atomic E-state index is 0.0105. The van der Waals surface area contributed by atoms with Crippen LogP contribution in [0.4, 0.5) is 0 Å². The lowest BCUT2D eigenvalue weighted by atomic mass is 9.85. The van der Waals surface area contributed by atoms with E-state index in [2.05, 4.69) is 34.4 Å². The molecule has 0 heterocycles. The van der Waals surface area contributed by atoms with E-state index in [1.165, 1.54) is 5.56 Å². The molecule has 0 unspecified atom stereocenters. The lowest BCUT2D eigenvalue weighted by Gasteiger charge is -2.23. The number of aliphatic hydroxyl groups is 3. The first-order valence-corrected chi connectivity index (χ1v) is 14.2. The molecule has 216 valence electrons. The van der Waals surface area contributed by atoms with Gasteiger partial charge in [0.15, 0.2) is 0 Å². The zero-order chi connectivity index (χ0) is 27.6. The van der Waals surface area contributed by atoms with Gasteiger partial charge in [0.2, 0.25) is 5.91 Å². The van der Waals surface area contributed by atoms with Gasteiger partial charge in [-0.1, -0.05) is 55.3 Å². The van der Waals surface area contributed by atoms with Crippen molar-refractivity contribution in [3.8, 4) is 0 Å². The van der Waals surface area contributed by atoms with Crippen LogP contribution >= 0.6 is 0 Å². The number of allylic oxidation sites excluding steroid dienone is 2. The lowest BCUT2D eigenvalue weighted by Crippen LogP contribution is -2.24. The van der Waals surface area contributed by atoms with Crippen LogP contribution in [0.3, 0.4) is 0 Å². The van der Waals surface area contributed by atoms with Crippen molar-refractivity contribution in [2.45, 2.75) is 102 Å². The molecule has 1 fully saturated rings. The number of hydrogen-bond donors (Lipinski definition) is 6. The standard InChI is InChI=1S/C29H48N2O7/c32-24(17-16-23-12-6-5-7-13-23)18-19-26-25(27(33)22-28(26)34)14-8-1-2-9-15-29(35)30-20-10-3-4-11-21-38-31(36)37/h1,5-8,12-13,24-28,32-34,36-37H,2-4,9-11,14-22H2,(H,30,35)/b8-1-/t24-,25+,26+,27-,28+/m0/s1. The zero-order valence-corrected chi connectivity index (χ0v) is 22.5. The van der Waals surface area contributed by atoms with Crippen LogP contribution in [-0.2, 0) is 16.1 Å². The van der Waals surface area contributed by atoms with E-state index in [0.29, 0.717) is 51.5 Å². The summed E-state index contributed by atoms with van der Waals surface area (Å²) in [6.07, 6.45) is 12.0. The predicted octanol–water partition coefficient (Wildman–Crippen LogP) is 3.92. The van der Waals surface area contributed by atoms with Gasteiger partial charge in [-0.15, -0.1) is 0 Å². The Kier molecular flexibility index (Phi) is 16.4. The Morgan fingerprint density at radius 3 is 2.50 bits per heavy atom. The predicted molar refractivity (Wildman–Crippen MR) is 144 cm³/mol. The van der Waals surface area contributed by atoms with Crippen LogP contribution in [0.15, 0.2) is 42.5 Å². The number of carbonyl (C=O) groups is 1. The minimum Gasteiger partial charge on any atom is -0.393 e. The molecule has 38 heavy (non-hydrogen) atoms. The minimum atomic E-state index is -0.534. The summed E-state index contributed by atoms with van der Waals surface area (Å²) in [5.74, 6) is 0.0141. The van der Waals surface area contributed by atoms with E-state index in [9.17, 15) is 20.1 Å². The molecule has 9 heteroatoms. The van der Waals surface area contributed by atoms with Crippen LogP contribution in [0.25, 0.3) is 0 Å². The Labute approximate surface area is 227 Å². The third-order valence-electron chi connectivity index (χ3n) is 7.41. The van der Waals surface area contributed by atoms with Gasteiger partial charge in [-0.05, 0) is 81.6 Å². The first-order valence-electron chi connectivity index (χ1n) is 14.2. The second-order valence-corrected chi connectivity index (χ2v) is 10.4. The topological polar surface area (TPSA) is 143 Å². The van der Waals surface area contributed by atoms with E-state index < -0.39 is 18.3 Å². The number of amides is 1. The highest BCUT2D eigenvalue weighted by atomic mass is 17.1. The summed E-state index contributed by atoms with van der Waals surface area (Å²) in [6.45, 7) is 0.873. The van der Waals surface area contributed by atoms with E-state index in [4.69, 9.17) is 10.4 Å². The van der Waals surface area contributed by atoms with Crippen LogP contribution in [0.1, 0.15) is 82.6 Å². The summed E-state index contributed by atoms with van der Waals surface area (Å²) in [5, 5.41) is 50.9. The van der Waals surface area contributed by atoms with E-state index in [0.717, 1.165) is 38.5 Å². The van der Waals surface area contributed by atoms with Gasteiger partial charge in [-0.3, -0.25) is 20.0 Å². The lowest BCUT2D eigenvalue weighted by molar-refractivity contribution is -0.492. The van der Waals surface area contributed by atoms with Crippen LogP contribution in [0.5, 0.6) is 0 Å². The molecule has 0 spiro atoms. The zero-order valence-electron chi connectivity index (χ0n) is 22.5. The Morgan fingerprint density at radius 1 is 1.00 bits per heavy atom. The quantitative estimate of drug-likeness (QED) is 0.0836. The van der Waals surface area contributed by atoms with Crippen molar-refractivity contribution in [3.05, 3.63) is 48.0 Å². The monoisotopic (exact) mass is 536 g/mol. The average molecular weight is 537 g/mol. The SMILES string of the molecule is O=C(CCC/C=C\C[C@@H]1[C@@H](CC[C@@H](O)CCc2ccccc2)[C@H](O)C[C@@H]1O)NCCCCCCON(O)O. The van der Waals surface area contributed by atoms with Crippen molar-refractivity contribution in [2.75, 3.05) is 13.2 Å². The van der Waals surface area contributed by atoms with E-state index >= 15 is 0 Å². The van der Waals surface area contributed by atoms with Crippen molar-refractivity contribution >= 4 is 5.91 Å². The molecule has 1 aliphatic carbocycles. The molecular formula is C29H48N2O7. The van der Waals surface area contributed by atoms with Crippen molar-refractivity contribution in [3.63, 3.8) is 0 Å². The summed E-state index contributed by atoms with van der Waals surface area (Å²) in [5.41, 5.74) is 1.21. The molecule has 5 atom stereocenters. The van der Waals surface area contributed by atoms with Crippen molar-refractivity contribution in [1.29, 1.82) is 0 Å². The molecule has 0 radical (unpaired) electrons. The van der Waals surface area contributed by atoms with Gasteiger partial charge in [0, 0.05) is 13.0 Å². The van der Waals surface area contributed by atoms with Gasteiger partial charge >= 0.3 is 0 Å². The molecule has 1 amide bonds. The maximum Gasteiger partial charge on any atom is 0.220 e. The highest BCUT2D eigenvalue weighted by molar-refractivity contribution is 5.75. The summed E-state index contributed by atoms with van der Waals surface area (Å²) in [7, 11) is 0. The molecule has 0 aromatic heterocycles. The second-order valence-electron chi connectivity index (χ2n) is 10.4. The van der Waals surface area contributed by atoms with Crippen molar-refractivity contribution in [1.82, 2.24) is 10.7 Å². The van der Waals surface area contributed by atoms with Gasteiger partial charge in [-0.25, -0.2) is 0 Å². The highest BCUT2D eigenvalue weighted by Crippen LogP contribution is 2.38. The first kappa shape index (κ1) is 32.4. The molecule has 2 rings (SSSR count). The third-order valence-corrected chi connectivity index (χ3v) is 7.41. The van der Waals surface area contributed by atoms with Crippen molar-refractivity contribution in [2.24, 2.45) is 11.8 Å². The number of rotatable bonds is 20. The summed E-state index contributed by atoms with van der Waals surface area (Å²) in [6, 6.07) is 10.1. The number of benzene rings is 1. The molecular weight excluding hydrogens is 488 g/mol. The van der Waals surface area contributed by atoms with Crippen LogP contribution in [-0.4, -0.2) is 68.5 Å². The first-order chi connectivity index (χ1) is 18.4. The molecule has 1 aromatic carbocycles. The van der Waals surface area contributed by atoms with Crippen LogP contribution in [0, 0.1) is 11.8 Å². The number of aryl methyl sites for hydroxylation is 1. The Balaban J connectivity index is 1.55. The number of nitrogens with zero attached hydrogens (tertiary/aromatic N) is 1. The molecule has 1 aliphatic rings. The number of carbonyl (C=O) groups excluding carboxylic acids is 1. The fourth-order valence-electron chi connectivity index (χ4n) is 5.21. The van der Waals surface area contributed by atoms with Crippen LogP contribution in [0.2, 0.25) is 0 Å². The number of aliphatic hydroxyl groups excluding tert-OH is 3. The summed E-state index contributed by atoms with van der Waals surface area (Å²) < 4.78 is 0. The fourth-order valence-corrected chi connectivity index (χ4v) is 5.21. The fraction of sp³-hybridized carbons (Fsp3) is 0.690. The molecule has 0 aliphatic heterocycles. The Morgan fingerprint density at radius 2 is 1.74 bits per heavy atom. The number of nitrogens with one attached hydrogen (secondary N) is 1. The molecule has 0 bridgehead atoms. The second kappa shape index (κ2) is 19.2. The largest absolute Gasteiger partial charge is 0.393 e. The van der Waals surface area contributed by atoms with Gasteiger partial charge < -0.3 is 20.6 Å². The van der Waals surface area contributed by atoms with E-state index in [1.807, 2.05) is 18.2 Å². The smallest absolute Gasteiger partial charge is 0.220 e. The van der Waals surface area contributed by atoms with E-state index in [-0.39, 0.29) is 29.7 Å². The summed E-state index contributed by atoms with van der Waals surface area (Å²) in [4.78, 5) is 16.5. The molecule has 6 N–H and O–H groups in total. The maximum absolute atomic E-state index is 12.0. The van der Waals surface area contributed by atoms with Crippen molar-refractivity contribution < 1.29 is 35.4 Å². The number of hydrogen-bond acceptors (Lipinski definition) is 8. The maximum atomic E-state index is 12.0. The van der Waals surface area contributed by atoms with Gasteiger partial charge in [-0.2, -0.15) is 0 Å².